The second kappa shape index (κ2) is 20.4. The highest BCUT2D eigenvalue weighted by Crippen LogP contribution is 2.50. The number of unbranched alkanes of at least 4 members (excludes halogenated alkanes) is 6. The summed E-state index contributed by atoms with van der Waals surface area (Å²) in [5, 5.41) is 17.6. The Balaban J connectivity index is 3.27. The number of nitrogens with zero attached hydrogens (tertiary/aromatic N) is 3. The van der Waals surface area contributed by atoms with Crippen molar-refractivity contribution < 1.29 is 58.9 Å². The van der Waals surface area contributed by atoms with Crippen LogP contribution in [-0.2, 0) is 24.4 Å². The Morgan fingerprint density at radius 3 is 1.31 bits per heavy atom. The van der Waals surface area contributed by atoms with Gasteiger partial charge in [-0.1, -0.05) is 25.7 Å². The molecule has 49 heavy (non-hydrogen) atoms. The topological polar surface area (TPSA) is 116 Å². The summed E-state index contributed by atoms with van der Waals surface area (Å²) in [6, 6.07) is 0. The Labute approximate surface area is 284 Å². The minimum absolute atomic E-state index is 0.0589. The molecule has 0 fully saturated rings. The van der Waals surface area contributed by atoms with Crippen LogP contribution in [0.2, 0.25) is 0 Å². The summed E-state index contributed by atoms with van der Waals surface area (Å²) in [6.07, 6.45) is -7.20. The number of aliphatic hydroxyl groups is 2. The van der Waals surface area contributed by atoms with Gasteiger partial charge in [-0.15, -0.1) is 0 Å². The van der Waals surface area contributed by atoms with E-state index >= 15 is 0 Å². The third-order valence-electron chi connectivity index (χ3n) is 7.08. The van der Waals surface area contributed by atoms with Gasteiger partial charge in [0, 0.05) is 33.2 Å². The molecule has 0 aliphatic heterocycles. The van der Waals surface area contributed by atoms with Crippen molar-refractivity contribution in [1.29, 1.82) is 0 Å². The van der Waals surface area contributed by atoms with E-state index in [-0.39, 0.29) is 26.1 Å². The minimum Gasteiger partial charge on any atom is -0.396 e. The van der Waals surface area contributed by atoms with Gasteiger partial charge in [0.1, 0.15) is 6.54 Å². The van der Waals surface area contributed by atoms with E-state index < -0.39 is 78.2 Å². The van der Waals surface area contributed by atoms with Crippen LogP contribution < -0.4 is 17.1 Å². The van der Waals surface area contributed by atoms with Gasteiger partial charge in [-0.3, -0.25) is 0 Å². The molecule has 0 aliphatic rings. The lowest BCUT2D eigenvalue weighted by Gasteiger charge is -2.34. The zero-order valence-corrected chi connectivity index (χ0v) is 28.5. The van der Waals surface area contributed by atoms with Crippen LogP contribution in [-0.4, -0.2) is 90.1 Å². The van der Waals surface area contributed by atoms with Gasteiger partial charge in [-0.25, -0.2) is 32.8 Å². The van der Waals surface area contributed by atoms with Gasteiger partial charge < -0.3 is 10.2 Å². The predicted octanol–water partition coefficient (Wildman–Crippen LogP) is 5.65. The Bertz CT molecular complexity index is 1250. The molecule has 21 heteroatoms. The van der Waals surface area contributed by atoms with E-state index in [1.165, 1.54) is 23.5 Å². The monoisotopic (exact) mass is 771 g/mol. The first-order valence-corrected chi connectivity index (χ1v) is 17.9. The quantitative estimate of drug-likeness (QED) is 0.0872. The fourth-order valence-corrected chi connectivity index (χ4v) is 6.13. The maximum Gasteiger partial charge on any atom is 0.430 e. The molecule has 2 N–H and O–H groups in total. The molecule has 1 aromatic rings. The standard InChI is InChI=1S/C28H43F10N3O6S2/c1-24(29,30)26(33,34)28(37,38)47-27(35,36)25(31,32)20-41-22(45)39(12-10-18-48-16-8-4-2-6-14-42)21(44)40(23(41)46)13-11-19-49-17-9-5-3-7-15-43/h42-43H,2-20H2,1H3. The van der Waals surface area contributed by atoms with E-state index in [4.69, 9.17) is 10.2 Å². The summed E-state index contributed by atoms with van der Waals surface area (Å²) >= 11 is 2.82. The molecule has 0 saturated heterocycles. The van der Waals surface area contributed by atoms with Crippen LogP contribution in [0.1, 0.15) is 71.1 Å². The van der Waals surface area contributed by atoms with Crippen molar-refractivity contribution in [3.63, 3.8) is 0 Å². The van der Waals surface area contributed by atoms with Crippen LogP contribution in [0.4, 0.5) is 43.9 Å². The first-order chi connectivity index (χ1) is 22.7. The van der Waals surface area contributed by atoms with Gasteiger partial charge in [-0.2, -0.15) is 67.4 Å². The number of aliphatic hydroxyl groups excluding tert-OH is 2. The maximum absolute atomic E-state index is 14.8. The molecule has 0 unspecified atom stereocenters. The molecule has 0 amide bonds. The summed E-state index contributed by atoms with van der Waals surface area (Å²) in [7, 11) is 0. The second-order valence-electron chi connectivity index (χ2n) is 11.2. The van der Waals surface area contributed by atoms with E-state index in [0.717, 1.165) is 38.5 Å². The van der Waals surface area contributed by atoms with Gasteiger partial charge in [0.2, 0.25) is 0 Å². The number of rotatable bonds is 27. The molecule has 1 heterocycles. The van der Waals surface area contributed by atoms with Crippen molar-refractivity contribution in [3.8, 4) is 0 Å². The molecule has 9 nitrogen and oxygen atoms in total. The van der Waals surface area contributed by atoms with Gasteiger partial charge in [0.05, 0.1) is 0 Å². The molecule has 1 aromatic heterocycles. The van der Waals surface area contributed by atoms with Crippen molar-refractivity contribution in [3.05, 3.63) is 31.5 Å². The van der Waals surface area contributed by atoms with E-state index in [2.05, 4.69) is 4.74 Å². The molecular formula is C28H43F10N3O6S2. The average molecular weight is 772 g/mol. The fourth-order valence-electron chi connectivity index (χ4n) is 4.24. The second-order valence-corrected chi connectivity index (χ2v) is 13.7. The Morgan fingerprint density at radius 1 is 0.551 bits per heavy atom. The lowest BCUT2D eigenvalue weighted by molar-refractivity contribution is -0.485. The normalized spacial score (nSPS) is 13.4. The number of halogens is 10. The number of hydrogen-bond acceptors (Lipinski definition) is 8. The number of ether oxygens (including phenoxy) is 1. The fraction of sp³-hybridized carbons (Fsp3) is 0.893. The van der Waals surface area contributed by atoms with Crippen LogP contribution >= 0.6 is 23.5 Å². The third-order valence-corrected chi connectivity index (χ3v) is 9.38. The van der Waals surface area contributed by atoms with Crippen LogP contribution in [0, 0.1) is 0 Å². The smallest absolute Gasteiger partial charge is 0.396 e. The molecule has 0 spiro atoms. The molecule has 288 valence electrons. The zero-order valence-electron chi connectivity index (χ0n) is 26.9. The van der Waals surface area contributed by atoms with Crippen molar-refractivity contribution in [2.24, 2.45) is 0 Å². The Morgan fingerprint density at radius 2 is 0.918 bits per heavy atom. The van der Waals surface area contributed by atoms with Crippen LogP contribution in [0.15, 0.2) is 14.4 Å². The lowest BCUT2D eigenvalue weighted by Crippen LogP contribution is -2.61. The SMILES string of the molecule is CC(F)(F)C(F)(F)C(F)(F)OC(F)(F)C(F)(F)Cn1c(=O)n(CCCSCCCCCCO)c(=O)n(CCCSCCCCCCO)c1=O. The van der Waals surface area contributed by atoms with Crippen molar-refractivity contribution in [2.45, 2.75) is 121 Å². The zero-order chi connectivity index (χ0) is 37.5. The molecule has 0 aliphatic carbocycles. The lowest BCUT2D eigenvalue weighted by atomic mass is 10.2. The number of aromatic nitrogens is 3. The summed E-state index contributed by atoms with van der Waals surface area (Å²) in [4.78, 5) is 39.1. The molecule has 0 atom stereocenters. The highest BCUT2D eigenvalue weighted by molar-refractivity contribution is 7.99. The molecule has 0 saturated carbocycles. The summed E-state index contributed by atoms with van der Waals surface area (Å²) in [5.74, 6) is -16.4. The van der Waals surface area contributed by atoms with E-state index in [0.29, 0.717) is 45.0 Å². The first kappa shape index (κ1) is 45.3. The highest BCUT2D eigenvalue weighted by atomic mass is 32.2. The molecule has 0 aromatic carbocycles. The van der Waals surface area contributed by atoms with Crippen LogP contribution in [0.25, 0.3) is 0 Å². The highest BCUT2D eigenvalue weighted by Gasteiger charge is 2.75. The average Bonchev–Trinajstić information content (AvgIpc) is 2.99. The predicted molar refractivity (Wildman–Crippen MR) is 166 cm³/mol. The van der Waals surface area contributed by atoms with Crippen LogP contribution in [0.5, 0.6) is 0 Å². The molecule has 1 rings (SSSR count). The Kier molecular flexibility index (Phi) is 18.8. The largest absolute Gasteiger partial charge is 0.430 e. The summed E-state index contributed by atoms with van der Waals surface area (Å²) in [5.41, 5.74) is -4.88. The van der Waals surface area contributed by atoms with Gasteiger partial charge in [-0.05, 0) is 61.5 Å². The molecular weight excluding hydrogens is 728 g/mol. The maximum atomic E-state index is 14.8. The van der Waals surface area contributed by atoms with Crippen molar-refractivity contribution in [1.82, 2.24) is 13.7 Å². The third kappa shape index (κ3) is 13.4. The number of thioether (sulfide) groups is 2. The minimum atomic E-state index is -6.84. The first-order valence-electron chi connectivity index (χ1n) is 15.6. The summed E-state index contributed by atoms with van der Waals surface area (Å²) in [6.45, 7) is -4.32. The van der Waals surface area contributed by atoms with Gasteiger partial charge in [0.15, 0.2) is 0 Å². The Hall–Kier alpha value is -1.71. The van der Waals surface area contributed by atoms with E-state index in [9.17, 15) is 58.3 Å². The van der Waals surface area contributed by atoms with E-state index in [1.807, 2.05) is 0 Å². The van der Waals surface area contributed by atoms with Gasteiger partial charge >= 0.3 is 47.1 Å². The summed E-state index contributed by atoms with van der Waals surface area (Å²) < 4.78 is 141. The number of hydrogen-bond donors (Lipinski definition) is 2. The van der Waals surface area contributed by atoms with Crippen molar-refractivity contribution >= 4 is 23.5 Å². The molecule has 0 bridgehead atoms. The molecule has 0 radical (unpaired) electrons. The van der Waals surface area contributed by atoms with Gasteiger partial charge in [0.25, 0.3) is 0 Å². The van der Waals surface area contributed by atoms with E-state index in [1.54, 1.807) is 0 Å². The van der Waals surface area contributed by atoms with Crippen molar-refractivity contribution in [2.75, 3.05) is 36.2 Å². The number of alkyl halides is 10. The van der Waals surface area contributed by atoms with Crippen LogP contribution in [0.3, 0.4) is 0 Å².